The van der Waals surface area contributed by atoms with Crippen LogP contribution in [0.25, 0.3) is 0 Å². The molecule has 2 atom stereocenters. The van der Waals surface area contributed by atoms with Gasteiger partial charge in [-0.1, -0.05) is 0 Å². The summed E-state index contributed by atoms with van der Waals surface area (Å²) in [5.41, 5.74) is 0.344. The van der Waals surface area contributed by atoms with Crippen LogP contribution in [0.4, 0.5) is 19.0 Å². The number of ether oxygens (including phenoxy) is 1. The van der Waals surface area contributed by atoms with Gasteiger partial charge in [-0.15, -0.1) is 0 Å². The van der Waals surface area contributed by atoms with E-state index in [1.54, 1.807) is 11.8 Å². The fourth-order valence-corrected chi connectivity index (χ4v) is 3.74. The number of likely N-dealkylation sites (tertiary alicyclic amines) is 1. The van der Waals surface area contributed by atoms with Gasteiger partial charge < -0.3 is 15.3 Å². The van der Waals surface area contributed by atoms with Crippen LogP contribution in [0.3, 0.4) is 0 Å². The van der Waals surface area contributed by atoms with Crippen molar-refractivity contribution < 1.29 is 27.4 Å². The number of anilines is 1. The molecule has 1 aliphatic rings. The standard InChI is InChI=1S/C23H22F3N5O3/c1-15(30-11-8-23(25,26)19(14-30)16-6-9-31(33)10-7-16)22(32)29-20-12-28-21(13-27-20)34-18-4-2-17(24)3-5-18/h2-7,9-10,12-13,15,19H,8,11,14H2,1H3,(H,27,29,32). The number of pyridine rings is 1. The van der Waals surface area contributed by atoms with Gasteiger partial charge in [-0.25, -0.2) is 23.1 Å². The van der Waals surface area contributed by atoms with Crippen LogP contribution in [0.5, 0.6) is 11.6 Å². The molecule has 3 heterocycles. The Hall–Kier alpha value is -3.73. The fourth-order valence-electron chi connectivity index (χ4n) is 3.74. The highest BCUT2D eigenvalue weighted by molar-refractivity contribution is 5.93. The Balaban J connectivity index is 1.38. The van der Waals surface area contributed by atoms with E-state index in [1.807, 2.05) is 0 Å². The maximum absolute atomic E-state index is 14.6. The van der Waals surface area contributed by atoms with Crippen LogP contribution in [-0.2, 0) is 4.79 Å². The van der Waals surface area contributed by atoms with Gasteiger partial charge >= 0.3 is 0 Å². The topological polar surface area (TPSA) is 94.3 Å². The molecule has 0 bridgehead atoms. The first-order valence-electron chi connectivity index (χ1n) is 10.6. The summed E-state index contributed by atoms with van der Waals surface area (Å²) in [6, 6.07) is 7.43. The summed E-state index contributed by atoms with van der Waals surface area (Å²) in [5.74, 6) is -4.20. The number of amides is 1. The van der Waals surface area contributed by atoms with Crippen molar-refractivity contribution in [1.82, 2.24) is 14.9 Å². The maximum Gasteiger partial charge on any atom is 0.257 e. The third-order valence-corrected chi connectivity index (χ3v) is 5.73. The molecule has 0 radical (unpaired) electrons. The number of hydrogen-bond donors (Lipinski definition) is 1. The van der Waals surface area contributed by atoms with Crippen LogP contribution in [0.15, 0.2) is 61.2 Å². The zero-order valence-corrected chi connectivity index (χ0v) is 18.2. The summed E-state index contributed by atoms with van der Waals surface area (Å²) in [7, 11) is 0. The third kappa shape index (κ3) is 5.42. The van der Waals surface area contributed by atoms with Crippen LogP contribution in [0, 0.1) is 11.0 Å². The molecule has 1 saturated heterocycles. The molecule has 1 N–H and O–H groups in total. The number of alkyl halides is 2. The van der Waals surface area contributed by atoms with Crippen molar-refractivity contribution in [2.45, 2.75) is 31.2 Å². The van der Waals surface area contributed by atoms with Gasteiger partial charge in [0.1, 0.15) is 11.6 Å². The van der Waals surface area contributed by atoms with Gasteiger partial charge in [0, 0.05) is 31.6 Å². The van der Waals surface area contributed by atoms with Crippen LogP contribution >= 0.6 is 0 Å². The second kappa shape index (κ2) is 9.64. The average molecular weight is 473 g/mol. The van der Waals surface area contributed by atoms with Crippen molar-refractivity contribution in [1.29, 1.82) is 0 Å². The zero-order valence-electron chi connectivity index (χ0n) is 18.2. The number of rotatable bonds is 6. The first kappa shape index (κ1) is 23.4. The van der Waals surface area contributed by atoms with Crippen molar-refractivity contribution in [3.63, 3.8) is 0 Å². The molecule has 11 heteroatoms. The first-order valence-corrected chi connectivity index (χ1v) is 10.6. The summed E-state index contributed by atoms with van der Waals surface area (Å²) < 4.78 is 48.2. The number of nitrogens with zero attached hydrogens (tertiary/aromatic N) is 4. The summed E-state index contributed by atoms with van der Waals surface area (Å²) in [6.07, 6.45) is 4.57. The molecular formula is C23H22F3N5O3. The number of hydrogen-bond acceptors (Lipinski definition) is 6. The molecule has 0 aliphatic carbocycles. The molecule has 0 saturated carbocycles. The van der Waals surface area contributed by atoms with E-state index in [4.69, 9.17) is 4.74 Å². The molecule has 34 heavy (non-hydrogen) atoms. The van der Waals surface area contributed by atoms with Crippen molar-refractivity contribution in [3.8, 4) is 11.6 Å². The Morgan fingerprint density at radius 1 is 1.21 bits per heavy atom. The summed E-state index contributed by atoms with van der Waals surface area (Å²) >= 11 is 0. The number of aromatic nitrogens is 3. The molecular weight excluding hydrogens is 451 g/mol. The first-order chi connectivity index (χ1) is 16.2. The molecule has 1 aliphatic heterocycles. The molecule has 178 valence electrons. The molecule has 1 fully saturated rings. The Bertz CT molecular complexity index is 1130. The second-order valence-corrected chi connectivity index (χ2v) is 8.01. The highest BCUT2D eigenvalue weighted by Gasteiger charge is 2.46. The molecule has 2 aromatic heterocycles. The zero-order chi connectivity index (χ0) is 24.3. The number of halogens is 3. The largest absolute Gasteiger partial charge is 0.619 e. The van der Waals surface area contributed by atoms with Gasteiger partial charge in [-0.3, -0.25) is 9.69 Å². The predicted molar refractivity (Wildman–Crippen MR) is 116 cm³/mol. The molecule has 3 aromatic rings. The summed E-state index contributed by atoms with van der Waals surface area (Å²) in [4.78, 5) is 22.6. The van der Waals surface area contributed by atoms with E-state index in [0.29, 0.717) is 16.0 Å². The normalized spacial score (nSPS) is 18.8. The number of nitrogens with one attached hydrogen (secondary N) is 1. The fraction of sp³-hybridized carbons (Fsp3) is 0.304. The van der Waals surface area contributed by atoms with Crippen molar-refractivity contribution in [2.75, 3.05) is 18.4 Å². The van der Waals surface area contributed by atoms with Gasteiger partial charge in [0.2, 0.25) is 11.8 Å². The lowest BCUT2D eigenvalue weighted by Crippen LogP contribution is -2.52. The highest BCUT2D eigenvalue weighted by atomic mass is 19.3. The van der Waals surface area contributed by atoms with Gasteiger partial charge in [-0.2, -0.15) is 4.73 Å². The number of carbonyl (C=O) groups excluding carboxylic acids is 1. The molecule has 1 amide bonds. The monoisotopic (exact) mass is 473 g/mol. The van der Waals surface area contributed by atoms with Gasteiger partial charge in [0.15, 0.2) is 18.2 Å². The lowest BCUT2D eigenvalue weighted by atomic mass is 9.87. The van der Waals surface area contributed by atoms with Crippen LogP contribution < -0.4 is 14.8 Å². The van der Waals surface area contributed by atoms with Crippen molar-refractivity contribution in [2.24, 2.45) is 0 Å². The minimum absolute atomic E-state index is 0.0411. The van der Waals surface area contributed by atoms with E-state index < -0.39 is 36.0 Å². The predicted octanol–water partition coefficient (Wildman–Crippen LogP) is 3.49. The SMILES string of the molecule is CC(C(=O)Nc1cnc(Oc2ccc(F)cc2)cn1)N1CCC(F)(F)C(c2cc[n+]([O-])cc2)C1. The Kier molecular flexibility index (Phi) is 6.64. The van der Waals surface area contributed by atoms with Gasteiger partial charge in [-0.05, 0) is 36.8 Å². The van der Waals surface area contributed by atoms with Crippen LogP contribution in [0.2, 0.25) is 0 Å². The Labute approximate surface area is 193 Å². The van der Waals surface area contributed by atoms with Crippen LogP contribution in [0.1, 0.15) is 24.8 Å². The van der Waals surface area contributed by atoms with E-state index in [-0.39, 0.29) is 24.8 Å². The van der Waals surface area contributed by atoms with E-state index >= 15 is 0 Å². The van der Waals surface area contributed by atoms with E-state index in [9.17, 15) is 23.2 Å². The smallest absolute Gasteiger partial charge is 0.257 e. The number of benzene rings is 1. The molecule has 8 nitrogen and oxygen atoms in total. The molecule has 1 aromatic carbocycles. The lowest BCUT2D eigenvalue weighted by molar-refractivity contribution is -0.605. The van der Waals surface area contributed by atoms with Crippen LogP contribution in [-0.4, -0.2) is 45.8 Å². The quantitative estimate of drug-likeness (QED) is 0.435. The van der Waals surface area contributed by atoms with E-state index in [2.05, 4.69) is 15.3 Å². The Morgan fingerprint density at radius 2 is 1.91 bits per heavy atom. The molecule has 4 rings (SSSR count). The van der Waals surface area contributed by atoms with Gasteiger partial charge in [0.25, 0.3) is 5.92 Å². The average Bonchev–Trinajstić information content (AvgIpc) is 2.82. The van der Waals surface area contributed by atoms with Crippen molar-refractivity contribution >= 4 is 11.7 Å². The van der Waals surface area contributed by atoms with Gasteiger partial charge in [0.05, 0.1) is 24.4 Å². The second-order valence-electron chi connectivity index (χ2n) is 8.01. The lowest BCUT2D eigenvalue weighted by Gasteiger charge is -2.40. The highest BCUT2D eigenvalue weighted by Crippen LogP contribution is 2.40. The molecule has 2 unspecified atom stereocenters. The maximum atomic E-state index is 14.6. The molecule has 0 spiro atoms. The summed E-state index contributed by atoms with van der Waals surface area (Å²) in [6.45, 7) is 1.63. The number of piperidine rings is 1. The third-order valence-electron chi connectivity index (χ3n) is 5.73. The number of carbonyl (C=O) groups is 1. The van der Waals surface area contributed by atoms with Crippen molar-refractivity contribution in [3.05, 3.63) is 77.8 Å². The van der Waals surface area contributed by atoms with E-state index in [1.165, 1.54) is 61.2 Å². The van der Waals surface area contributed by atoms with E-state index in [0.717, 1.165) is 0 Å². The Morgan fingerprint density at radius 3 is 2.56 bits per heavy atom. The summed E-state index contributed by atoms with van der Waals surface area (Å²) in [5, 5.41) is 13.9. The minimum Gasteiger partial charge on any atom is -0.619 e. The minimum atomic E-state index is -2.95.